The van der Waals surface area contributed by atoms with Crippen molar-refractivity contribution in [2.45, 2.75) is 12.2 Å². The third kappa shape index (κ3) is 2.39. The Kier molecular flexibility index (Phi) is 3.35. The summed E-state index contributed by atoms with van der Waals surface area (Å²) in [6, 6.07) is 0. The second-order valence-electron chi connectivity index (χ2n) is 2.94. The summed E-state index contributed by atoms with van der Waals surface area (Å²) in [6.07, 6.45) is 0.396. The molecule has 0 aliphatic heterocycles. The number of halogens is 1. The lowest BCUT2D eigenvalue weighted by Crippen LogP contribution is -2.37. The lowest BCUT2D eigenvalue weighted by molar-refractivity contribution is -0.122. The molecule has 0 heterocycles. The van der Waals surface area contributed by atoms with Crippen LogP contribution in [0.5, 0.6) is 0 Å². The van der Waals surface area contributed by atoms with Crippen molar-refractivity contribution in [1.29, 1.82) is 0 Å². The minimum atomic E-state index is -4.99. The SMILES string of the molecule is O=S(=O)(O)C1=C(O)C(N=NCl)=CCC1(O)O. The molecule has 1 rings (SSSR count). The number of aliphatic hydroxyl groups is 3. The highest BCUT2D eigenvalue weighted by Gasteiger charge is 2.43. The fraction of sp³-hybridized carbons (Fsp3) is 0.333. The van der Waals surface area contributed by atoms with Gasteiger partial charge in [0, 0.05) is 6.42 Å². The topological polar surface area (TPSA) is 140 Å². The standard InChI is InChI=1S/C6H7ClN2O6S/c7-9-8-3-1-2-6(11,12)5(4(3)10)16(13,14)15/h1,10-12H,2H2,(H,13,14,15). The van der Waals surface area contributed by atoms with Gasteiger partial charge in [-0.15, -0.1) is 5.11 Å². The Bertz CT molecular complexity index is 491. The van der Waals surface area contributed by atoms with E-state index in [1.165, 1.54) is 0 Å². The zero-order valence-corrected chi connectivity index (χ0v) is 9.14. The molecule has 0 aromatic rings. The molecular weight excluding hydrogens is 264 g/mol. The maximum atomic E-state index is 10.8. The summed E-state index contributed by atoms with van der Waals surface area (Å²) in [4.78, 5) is -1.36. The van der Waals surface area contributed by atoms with E-state index in [-0.39, 0.29) is 5.70 Å². The summed E-state index contributed by atoms with van der Waals surface area (Å²) >= 11 is 4.88. The average molecular weight is 271 g/mol. The quantitative estimate of drug-likeness (QED) is 0.321. The van der Waals surface area contributed by atoms with Crippen LogP contribution in [0.4, 0.5) is 0 Å². The van der Waals surface area contributed by atoms with Crippen LogP contribution in [0.25, 0.3) is 0 Å². The highest BCUT2D eigenvalue weighted by molar-refractivity contribution is 7.89. The normalized spacial score (nSPS) is 21.4. The van der Waals surface area contributed by atoms with Crippen LogP contribution in [-0.2, 0) is 10.1 Å². The first-order valence-corrected chi connectivity index (χ1v) is 5.56. The third-order valence-electron chi connectivity index (χ3n) is 1.80. The minimum absolute atomic E-state index is 0.388. The molecule has 1 aliphatic carbocycles. The van der Waals surface area contributed by atoms with Crippen LogP contribution in [0.2, 0.25) is 0 Å². The van der Waals surface area contributed by atoms with Crippen LogP contribution in [0, 0.1) is 0 Å². The number of hydrogen-bond donors (Lipinski definition) is 4. The van der Waals surface area contributed by atoms with Crippen molar-refractivity contribution in [2.75, 3.05) is 0 Å². The van der Waals surface area contributed by atoms with Crippen LogP contribution in [0.1, 0.15) is 6.42 Å². The Balaban J connectivity index is 3.45. The summed E-state index contributed by atoms with van der Waals surface area (Å²) in [6.45, 7) is 0. The molecule has 1 aliphatic rings. The summed E-state index contributed by atoms with van der Waals surface area (Å²) in [5.41, 5.74) is -0.388. The molecule has 4 N–H and O–H groups in total. The van der Waals surface area contributed by atoms with E-state index in [0.717, 1.165) is 6.08 Å². The van der Waals surface area contributed by atoms with Gasteiger partial charge in [0.2, 0.25) is 5.79 Å². The van der Waals surface area contributed by atoms with E-state index in [4.69, 9.17) is 16.3 Å². The van der Waals surface area contributed by atoms with Crippen LogP contribution < -0.4 is 0 Å². The molecule has 16 heavy (non-hydrogen) atoms. The molecule has 8 nitrogen and oxygen atoms in total. The van der Waals surface area contributed by atoms with E-state index in [1.54, 1.807) is 0 Å². The Morgan fingerprint density at radius 3 is 2.44 bits per heavy atom. The van der Waals surface area contributed by atoms with Gasteiger partial charge in [0.15, 0.2) is 10.7 Å². The predicted octanol–water partition coefficient (Wildman–Crippen LogP) is 0.218. The van der Waals surface area contributed by atoms with E-state index in [9.17, 15) is 23.7 Å². The Labute approximate surface area is 95.1 Å². The van der Waals surface area contributed by atoms with E-state index in [2.05, 4.69) is 9.75 Å². The Morgan fingerprint density at radius 2 is 2.00 bits per heavy atom. The van der Waals surface area contributed by atoms with Crippen molar-refractivity contribution in [2.24, 2.45) is 9.75 Å². The maximum Gasteiger partial charge on any atom is 0.299 e. The molecule has 90 valence electrons. The number of aliphatic hydroxyl groups excluding tert-OH is 1. The van der Waals surface area contributed by atoms with Gasteiger partial charge in [-0.1, -0.05) is 4.63 Å². The van der Waals surface area contributed by atoms with E-state index >= 15 is 0 Å². The fourth-order valence-electron chi connectivity index (χ4n) is 1.19. The summed E-state index contributed by atoms with van der Waals surface area (Å²) in [7, 11) is -4.99. The van der Waals surface area contributed by atoms with Crippen LogP contribution in [-0.4, -0.2) is 34.1 Å². The van der Waals surface area contributed by atoms with Crippen molar-refractivity contribution in [3.8, 4) is 0 Å². The molecule has 0 spiro atoms. The minimum Gasteiger partial charge on any atom is -0.504 e. The fourth-order valence-corrected chi connectivity index (χ4v) is 2.12. The van der Waals surface area contributed by atoms with Gasteiger partial charge in [0.1, 0.15) is 5.70 Å². The van der Waals surface area contributed by atoms with Crippen LogP contribution in [0.15, 0.2) is 32.2 Å². The molecule has 0 fully saturated rings. The lowest BCUT2D eigenvalue weighted by Gasteiger charge is -2.25. The van der Waals surface area contributed by atoms with Crippen molar-refractivity contribution < 1.29 is 28.3 Å². The molecule has 0 bridgehead atoms. The molecule has 10 heteroatoms. The lowest BCUT2D eigenvalue weighted by atomic mass is 10.0. The van der Waals surface area contributed by atoms with Crippen LogP contribution >= 0.6 is 11.8 Å². The number of rotatable bonds is 2. The predicted molar refractivity (Wildman–Crippen MR) is 51.8 cm³/mol. The molecular formula is C6H7ClN2O6S. The van der Waals surface area contributed by atoms with Gasteiger partial charge in [-0.2, -0.15) is 8.42 Å². The molecule has 0 radical (unpaired) electrons. The molecule has 0 unspecified atom stereocenters. The first-order chi connectivity index (χ1) is 7.20. The zero-order valence-electron chi connectivity index (χ0n) is 7.57. The second kappa shape index (κ2) is 4.11. The van der Waals surface area contributed by atoms with E-state index in [1.807, 2.05) is 0 Å². The molecule has 0 aromatic heterocycles. The van der Waals surface area contributed by atoms with E-state index in [0.29, 0.717) is 0 Å². The molecule has 0 saturated carbocycles. The van der Waals surface area contributed by atoms with Gasteiger partial charge in [-0.3, -0.25) is 4.55 Å². The zero-order chi connectivity index (χ0) is 12.6. The van der Waals surface area contributed by atoms with Gasteiger partial charge >= 0.3 is 0 Å². The largest absolute Gasteiger partial charge is 0.504 e. The number of hydrogen-bond acceptors (Lipinski definition) is 7. The molecule has 0 aromatic carbocycles. The summed E-state index contributed by atoms with van der Waals surface area (Å²) in [5.74, 6) is -4.02. The molecule has 0 amide bonds. The monoisotopic (exact) mass is 270 g/mol. The first-order valence-electron chi connectivity index (χ1n) is 3.78. The van der Waals surface area contributed by atoms with Gasteiger partial charge in [0.25, 0.3) is 10.1 Å². The van der Waals surface area contributed by atoms with E-state index < -0.39 is 33.0 Å². The van der Waals surface area contributed by atoms with Gasteiger partial charge in [-0.05, 0) is 6.08 Å². The number of nitrogens with zero attached hydrogens (tertiary/aromatic N) is 2. The van der Waals surface area contributed by atoms with Crippen LogP contribution in [0.3, 0.4) is 0 Å². The van der Waals surface area contributed by atoms with Gasteiger partial charge < -0.3 is 15.3 Å². The highest BCUT2D eigenvalue weighted by atomic mass is 35.5. The van der Waals surface area contributed by atoms with Gasteiger partial charge in [-0.25, -0.2) is 0 Å². The van der Waals surface area contributed by atoms with Crippen molar-refractivity contribution in [3.63, 3.8) is 0 Å². The third-order valence-corrected chi connectivity index (χ3v) is 2.92. The Morgan fingerprint density at radius 1 is 1.44 bits per heavy atom. The van der Waals surface area contributed by atoms with Crippen molar-refractivity contribution in [3.05, 3.63) is 22.4 Å². The molecule has 0 atom stereocenters. The van der Waals surface area contributed by atoms with Crippen molar-refractivity contribution >= 4 is 21.9 Å². The summed E-state index contributed by atoms with van der Waals surface area (Å²) in [5, 5.41) is 31.1. The second-order valence-corrected chi connectivity index (χ2v) is 4.45. The molecule has 0 saturated heterocycles. The Hall–Kier alpha value is -1.00. The highest BCUT2D eigenvalue weighted by Crippen LogP contribution is 2.34. The van der Waals surface area contributed by atoms with Crippen molar-refractivity contribution in [1.82, 2.24) is 0 Å². The van der Waals surface area contributed by atoms with Gasteiger partial charge in [0.05, 0.1) is 11.8 Å². The average Bonchev–Trinajstić information content (AvgIpc) is 2.07. The smallest absolute Gasteiger partial charge is 0.299 e. The first kappa shape index (κ1) is 13.1. The maximum absolute atomic E-state index is 10.8. The summed E-state index contributed by atoms with van der Waals surface area (Å²) < 4.78 is 33.2.